The van der Waals surface area contributed by atoms with Crippen molar-refractivity contribution in [1.82, 2.24) is 10.2 Å². The number of ether oxygens (including phenoxy) is 1. The van der Waals surface area contributed by atoms with Crippen LogP contribution < -0.4 is 5.32 Å². The van der Waals surface area contributed by atoms with E-state index in [0.717, 1.165) is 6.42 Å². The van der Waals surface area contributed by atoms with Crippen molar-refractivity contribution in [3.8, 4) is 0 Å². The minimum Gasteiger partial charge on any atom is -0.375 e. The fraction of sp³-hybridized carbons (Fsp3) is 0.933. The average molecular weight is 332 g/mol. The van der Waals surface area contributed by atoms with Crippen LogP contribution in [0.5, 0.6) is 0 Å². The maximum atomic E-state index is 12.3. The van der Waals surface area contributed by atoms with Crippen LogP contribution in [0, 0.1) is 5.41 Å². The van der Waals surface area contributed by atoms with Crippen molar-refractivity contribution in [3.05, 3.63) is 0 Å². The van der Waals surface area contributed by atoms with E-state index in [2.05, 4.69) is 19.2 Å². The number of urea groups is 1. The van der Waals surface area contributed by atoms with Gasteiger partial charge in [-0.3, -0.25) is 0 Å². The first kappa shape index (κ1) is 17.5. The van der Waals surface area contributed by atoms with Gasteiger partial charge in [0.25, 0.3) is 0 Å². The van der Waals surface area contributed by atoms with E-state index in [-0.39, 0.29) is 29.7 Å². The fourth-order valence-corrected chi connectivity index (χ4v) is 4.18. The van der Waals surface area contributed by atoms with Gasteiger partial charge in [0.1, 0.15) is 0 Å². The molecule has 0 radical (unpaired) electrons. The van der Waals surface area contributed by atoms with Gasteiger partial charge < -0.3 is 15.0 Å². The number of rotatable bonds is 4. The molecule has 1 saturated heterocycles. The highest BCUT2D eigenvalue weighted by atomic mass is 32.2. The standard InChI is InChI=1S/C15H28N2O4S/c1-10(2)21-13-8-12(15(13,3)4)16-14(18)17-7-6-11(9-17)22(5,19)20/h10-13H,6-9H2,1-5H3,(H,16,18)/t11-,12+,13+/m0/s1. The topological polar surface area (TPSA) is 75.7 Å². The summed E-state index contributed by atoms with van der Waals surface area (Å²) in [5.74, 6) is 0. The third-order valence-electron chi connectivity index (χ3n) is 4.95. The van der Waals surface area contributed by atoms with Crippen molar-refractivity contribution >= 4 is 15.9 Å². The molecule has 1 aliphatic carbocycles. The van der Waals surface area contributed by atoms with Crippen LogP contribution in [0.2, 0.25) is 0 Å². The molecule has 2 rings (SSSR count). The molecule has 22 heavy (non-hydrogen) atoms. The van der Waals surface area contributed by atoms with E-state index in [0.29, 0.717) is 19.5 Å². The molecule has 0 aromatic rings. The molecule has 0 bridgehead atoms. The molecule has 2 amide bonds. The summed E-state index contributed by atoms with van der Waals surface area (Å²) in [6.07, 6.45) is 2.90. The largest absolute Gasteiger partial charge is 0.375 e. The van der Waals surface area contributed by atoms with Crippen LogP contribution in [-0.2, 0) is 14.6 Å². The smallest absolute Gasteiger partial charge is 0.317 e. The van der Waals surface area contributed by atoms with E-state index < -0.39 is 15.1 Å². The predicted molar refractivity (Wildman–Crippen MR) is 85.5 cm³/mol. The lowest BCUT2D eigenvalue weighted by Gasteiger charge is -2.52. The quantitative estimate of drug-likeness (QED) is 0.844. The lowest BCUT2D eigenvalue weighted by atomic mass is 9.64. The van der Waals surface area contributed by atoms with E-state index >= 15 is 0 Å². The highest BCUT2D eigenvalue weighted by Crippen LogP contribution is 2.43. The number of nitrogens with one attached hydrogen (secondary N) is 1. The molecule has 128 valence electrons. The molecule has 0 unspecified atom stereocenters. The van der Waals surface area contributed by atoms with E-state index in [1.165, 1.54) is 6.26 Å². The summed E-state index contributed by atoms with van der Waals surface area (Å²) in [6, 6.07) is -0.0896. The van der Waals surface area contributed by atoms with Gasteiger partial charge in [0.15, 0.2) is 9.84 Å². The highest BCUT2D eigenvalue weighted by molar-refractivity contribution is 7.91. The molecule has 0 aromatic carbocycles. The molecule has 0 spiro atoms. The number of nitrogens with zero attached hydrogens (tertiary/aromatic N) is 1. The van der Waals surface area contributed by atoms with Gasteiger partial charge in [-0.05, 0) is 26.7 Å². The monoisotopic (exact) mass is 332 g/mol. The van der Waals surface area contributed by atoms with Crippen LogP contribution in [0.15, 0.2) is 0 Å². The molecule has 2 aliphatic rings. The van der Waals surface area contributed by atoms with Gasteiger partial charge in [-0.2, -0.15) is 0 Å². The van der Waals surface area contributed by atoms with Crippen LogP contribution in [0.1, 0.15) is 40.5 Å². The van der Waals surface area contributed by atoms with E-state index in [1.807, 2.05) is 13.8 Å². The number of hydrogen-bond donors (Lipinski definition) is 1. The Hall–Kier alpha value is -0.820. The first-order valence-electron chi connectivity index (χ1n) is 7.91. The van der Waals surface area contributed by atoms with Gasteiger partial charge in [-0.25, -0.2) is 13.2 Å². The minimum absolute atomic E-state index is 0.0704. The lowest BCUT2D eigenvalue weighted by molar-refractivity contribution is -0.136. The SMILES string of the molecule is CC(C)O[C@@H]1C[C@@H](NC(=O)N2CC[C@H](S(C)(=O)=O)C2)C1(C)C. The van der Waals surface area contributed by atoms with Crippen LogP contribution in [0.4, 0.5) is 4.79 Å². The van der Waals surface area contributed by atoms with E-state index in [4.69, 9.17) is 4.74 Å². The van der Waals surface area contributed by atoms with Gasteiger partial charge in [0, 0.05) is 30.8 Å². The molecule has 0 aromatic heterocycles. The summed E-state index contributed by atoms with van der Waals surface area (Å²) in [7, 11) is -3.08. The van der Waals surface area contributed by atoms with Gasteiger partial charge in [-0.15, -0.1) is 0 Å². The summed E-state index contributed by atoms with van der Waals surface area (Å²) in [5.41, 5.74) is -0.101. The second-order valence-corrected chi connectivity index (χ2v) is 9.74. The molecule has 1 heterocycles. The Morgan fingerprint density at radius 2 is 2.00 bits per heavy atom. The number of amides is 2. The molecule has 6 nitrogen and oxygen atoms in total. The Bertz CT molecular complexity index is 530. The van der Waals surface area contributed by atoms with E-state index in [9.17, 15) is 13.2 Å². The second-order valence-electron chi connectivity index (χ2n) is 7.42. The highest BCUT2D eigenvalue weighted by Gasteiger charge is 2.50. The Morgan fingerprint density at radius 1 is 1.36 bits per heavy atom. The first-order chi connectivity index (χ1) is 10.0. The van der Waals surface area contributed by atoms with Crippen LogP contribution in [-0.4, -0.2) is 62.2 Å². The number of sulfone groups is 1. The van der Waals surface area contributed by atoms with Crippen molar-refractivity contribution in [3.63, 3.8) is 0 Å². The van der Waals surface area contributed by atoms with Crippen molar-refractivity contribution in [2.75, 3.05) is 19.3 Å². The van der Waals surface area contributed by atoms with Crippen molar-refractivity contribution in [2.45, 2.75) is 64.0 Å². The summed E-state index contributed by atoms with van der Waals surface area (Å²) in [4.78, 5) is 13.9. The molecule has 7 heteroatoms. The molecule has 3 atom stereocenters. The third kappa shape index (κ3) is 3.56. The molecular formula is C15H28N2O4S. The predicted octanol–water partition coefficient (Wildman–Crippen LogP) is 1.41. The second kappa shape index (κ2) is 6.00. The molecule has 2 fully saturated rings. The minimum atomic E-state index is -3.08. The van der Waals surface area contributed by atoms with Crippen molar-refractivity contribution in [1.29, 1.82) is 0 Å². The maximum absolute atomic E-state index is 12.3. The summed E-state index contributed by atoms with van der Waals surface area (Å²) in [5, 5.41) is 2.61. The Morgan fingerprint density at radius 3 is 2.45 bits per heavy atom. The normalized spacial score (nSPS) is 31.2. The number of carbonyl (C=O) groups excluding carboxylic acids is 1. The van der Waals surface area contributed by atoms with E-state index in [1.54, 1.807) is 4.90 Å². The summed E-state index contributed by atoms with van der Waals surface area (Å²) < 4.78 is 29.0. The number of hydrogen-bond acceptors (Lipinski definition) is 4. The van der Waals surface area contributed by atoms with Gasteiger partial charge in [-0.1, -0.05) is 13.8 Å². The van der Waals surface area contributed by atoms with Crippen LogP contribution >= 0.6 is 0 Å². The molecular weight excluding hydrogens is 304 g/mol. The zero-order valence-corrected chi connectivity index (χ0v) is 14.9. The fourth-order valence-electron chi connectivity index (χ4n) is 3.19. The van der Waals surface area contributed by atoms with Crippen molar-refractivity contribution < 1.29 is 17.9 Å². The summed E-state index contributed by atoms with van der Waals surface area (Å²) >= 11 is 0. The average Bonchev–Trinajstić information content (AvgIpc) is 2.86. The van der Waals surface area contributed by atoms with Gasteiger partial charge in [0.05, 0.1) is 17.5 Å². The first-order valence-corrected chi connectivity index (χ1v) is 9.87. The maximum Gasteiger partial charge on any atom is 0.317 e. The van der Waals surface area contributed by atoms with Gasteiger partial charge in [0.2, 0.25) is 0 Å². The van der Waals surface area contributed by atoms with Crippen LogP contribution in [0.25, 0.3) is 0 Å². The third-order valence-corrected chi connectivity index (χ3v) is 6.55. The number of likely N-dealkylation sites (tertiary alicyclic amines) is 1. The van der Waals surface area contributed by atoms with Gasteiger partial charge >= 0.3 is 6.03 Å². The van der Waals surface area contributed by atoms with Crippen LogP contribution in [0.3, 0.4) is 0 Å². The molecule has 1 N–H and O–H groups in total. The number of carbonyl (C=O) groups is 1. The lowest BCUT2D eigenvalue weighted by Crippen LogP contribution is -2.63. The zero-order valence-electron chi connectivity index (χ0n) is 14.1. The summed E-state index contributed by atoms with van der Waals surface area (Å²) in [6.45, 7) is 9.01. The molecule has 1 saturated carbocycles. The Balaban J connectivity index is 1.87. The zero-order chi connectivity index (χ0) is 16.7. The Kier molecular flexibility index (Phi) is 4.78. The molecule has 1 aliphatic heterocycles. The van der Waals surface area contributed by atoms with Crippen molar-refractivity contribution in [2.24, 2.45) is 5.41 Å². The Labute approximate surface area is 133 Å².